The van der Waals surface area contributed by atoms with E-state index in [1.807, 2.05) is 0 Å². The normalized spacial score (nSPS) is 11.6. The third-order valence-corrected chi connectivity index (χ3v) is 3.28. The second-order valence-corrected chi connectivity index (χ2v) is 6.52. The third-order valence-electron chi connectivity index (χ3n) is 2.64. The van der Waals surface area contributed by atoms with Crippen LogP contribution in [0, 0.1) is 5.82 Å². The molecule has 0 heterocycles. The van der Waals surface area contributed by atoms with E-state index < -0.39 is 0 Å². The van der Waals surface area contributed by atoms with Crippen molar-refractivity contribution in [2.75, 3.05) is 13.2 Å². The summed E-state index contributed by atoms with van der Waals surface area (Å²) >= 11 is 3.12. The van der Waals surface area contributed by atoms with E-state index in [1.54, 1.807) is 12.1 Å². The number of unbranched alkanes of at least 4 members (excludes halogenated alkanes) is 2. The predicted molar refractivity (Wildman–Crippen MR) is 81.2 cm³/mol. The van der Waals surface area contributed by atoms with E-state index in [0.29, 0.717) is 16.8 Å². The van der Waals surface area contributed by atoms with E-state index in [0.717, 1.165) is 25.8 Å². The van der Waals surface area contributed by atoms with Gasteiger partial charge in [-0.25, -0.2) is 4.39 Å². The van der Waals surface area contributed by atoms with Gasteiger partial charge >= 0.3 is 0 Å². The van der Waals surface area contributed by atoms with Crippen molar-refractivity contribution in [1.29, 1.82) is 0 Å². The number of nitrogens with one attached hydrogen (secondary N) is 1. The summed E-state index contributed by atoms with van der Waals surface area (Å²) in [6.07, 6.45) is 3.24. The quantitative estimate of drug-likeness (QED) is 0.741. The van der Waals surface area contributed by atoms with E-state index in [9.17, 15) is 4.39 Å². The summed E-state index contributed by atoms with van der Waals surface area (Å²) in [6.45, 7) is 8.15. The maximum Gasteiger partial charge on any atom is 0.141 e. The molecular weight excluding hydrogens is 309 g/mol. The lowest BCUT2D eigenvalue weighted by Gasteiger charge is -2.20. The Hall–Kier alpha value is -0.610. The lowest BCUT2D eigenvalue weighted by molar-refractivity contribution is 0.301. The first-order valence-electron chi connectivity index (χ1n) is 6.71. The van der Waals surface area contributed by atoms with Crippen LogP contribution in [-0.4, -0.2) is 18.7 Å². The number of halogens is 2. The zero-order chi connectivity index (χ0) is 14.3. The zero-order valence-electron chi connectivity index (χ0n) is 11.9. The summed E-state index contributed by atoms with van der Waals surface area (Å²) in [7, 11) is 0. The highest BCUT2D eigenvalue weighted by molar-refractivity contribution is 9.10. The molecule has 0 bridgehead atoms. The van der Waals surface area contributed by atoms with Gasteiger partial charge in [-0.05, 0) is 74.6 Å². The molecule has 108 valence electrons. The number of ether oxygens (including phenoxy) is 1. The Balaban J connectivity index is 2.09. The highest BCUT2D eigenvalue weighted by atomic mass is 79.9. The maximum atomic E-state index is 13.2. The number of benzene rings is 1. The molecule has 1 aromatic rings. The molecule has 1 N–H and O–H groups in total. The Morgan fingerprint density at radius 1 is 1.21 bits per heavy atom. The largest absolute Gasteiger partial charge is 0.493 e. The average Bonchev–Trinajstić information content (AvgIpc) is 2.31. The van der Waals surface area contributed by atoms with Crippen LogP contribution in [0.3, 0.4) is 0 Å². The number of hydrogen-bond acceptors (Lipinski definition) is 2. The van der Waals surface area contributed by atoms with Gasteiger partial charge in [-0.2, -0.15) is 0 Å². The summed E-state index contributed by atoms with van der Waals surface area (Å²) in [5, 5.41) is 3.45. The molecular formula is C15H23BrFNO. The summed E-state index contributed by atoms with van der Waals surface area (Å²) in [5.74, 6) is 0.306. The lowest BCUT2D eigenvalue weighted by Crippen LogP contribution is -2.36. The van der Waals surface area contributed by atoms with Gasteiger partial charge in [0.25, 0.3) is 0 Å². The second-order valence-electron chi connectivity index (χ2n) is 5.66. The first-order chi connectivity index (χ1) is 8.88. The van der Waals surface area contributed by atoms with Gasteiger partial charge < -0.3 is 10.1 Å². The van der Waals surface area contributed by atoms with Crippen LogP contribution in [0.5, 0.6) is 5.75 Å². The van der Waals surface area contributed by atoms with E-state index >= 15 is 0 Å². The standard InChI is InChI=1S/C15H23BrFNO/c1-15(2,3)18-9-5-4-6-10-19-12-7-8-13(16)14(17)11-12/h7-8,11,18H,4-6,9-10H2,1-3H3. The molecule has 1 rings (SSSR count). The van der Waals surface area contributed by atoms with Crippen molar-refractivity contribution >= 4 is 15.9 Å². The summed E-state index contributed by atoms with van der Waals surface area (Å²) in [5.41, 5.74) is 0.186. The molecule has 1 aromatic carbocycles. The molecule has 0 saturated heterocycles. The van der Waals surface area contributed by atoms with Gasteiger partial charge in [0.1, 0.15) is 11.6 Å². The number of hydrogen-bond donors (Lipinski definition) is 1. The fourth-order valence-electron chi connectivity index (χ4n) is 1.62. The smallest absolute Gasteiger partial charge is 0.141 e. The average molecular weight is 332 g/mol. The molecule has 0 aliphatic heterocycles. The van der Waals surface area contributed by atoms with Crippen molar-refractivity contribution in [3.63, 3.8) is 0 Å². The van der Waals surface area contributed by atoms with Crippen molar-refractivity contribution in [3.05, 3.63) is 28.5 Å². The Morgan fingerprint density at radius 3 is 2.58 bits per heavy atom. The van der Waals surface area contributed by atoms with Crippen LogP contribution in [0.1, 0.15) is 40.0 Å². The van der Waals surface area contributed by atoms with Gasteiger partial charge in [0, 0.05) is 11.6 Å². The summed E-state index contributed by atoms with van der Waals surface area (Å²) < 4.78 is 19.2. The minimum Gasteiger partial charge on any atom is -0.493 e. The van der Waals surface area contributed by atoms with E-state index in [1.165, 1.54) is 6.07 Å². The molecule has 4 heteroatoms. The minimum absolute atomic E-state index is 0.186. The van der Waals surface area contributed by atoms with E-state index in [2.05, 4.69) is 42.0 Å². The van der Waals surface area contributed by atoms with Crippen LogP contribution >= 0.6 is 15.9 Å². The molecule has 0 fully saturated rings. The van der Waals surface area contributed by atoms with Gasteiger partial charge in [-0.3, -0.25) is 0 Å². The van der Waals surface area contributed by atoms with Crippen LogP contribution in [0.25, 0.3) is 0 Å². The fraction of sp³-hybridized carbons (Fsp3) is 0.600. The molecule has 19 heavy (non-hydrogen) atoms. The molecule has 0 saturated carbocycles. The predicted octanol–water partition coefficient (Wildman–Crippen LogP) is 4.53. The summed E-state index contributed by atoms with van der Waals surface area (Å²) in [4.78, 5) is 0. The monoisotopic (exact) mass is 331 g/mol. The van der Waals surface area contributed by atoms with Gasteiger partial charge in [0.2, 0.25) is 0 Å². The van der Waals surface area contributed by atoms with Crippen LogP contribution in [0.4, 0.5) is 4.39 Å². The van der Waals surface area contributed by atoms with Crippen molar-refractivity contribution in [3.8, 4) is 5.75 Å². The highest BCUT2D eigenvalue weighted by Gasteiger charge is 2.07. The van der Waals surface area contributed by atoms with Gasteiger partial charge in [0.05, 0.1) is 11.1 Å². The first kappa shape index (κ1) is 16.4. The molecule has 0 atom stereocenters. The van der Waals surface area contributed by atoms with Crippen molar-refractivity contribution < 1.29 is 9.13 Å². The Morgan fingerprint density at radius 2 is 1.95 bits per heavy atom. The Bertz CT molecular complexity index is 390. The number of rotatable bonds is 7. The van der Waals surface area contributed by atoms with Gasteiger partial charge in [-0.1, -0.05) is 0 Å². The van der Waals surface area contributed by atoms with Crippen LogP contribution in [0.2, 0.25) is 0 Å². The van der Waals surface area contributed by atoms with Crippen molar-refractivity contribution in [2.24, 2.45) is 0 Å². The Labute approximate surface area is 123 Å². The third kappa shape index (κ3) is 7.53. The molecule has 2 nitrogen and oxygen atoms in total. The van der Waals surface area contributed by atoms with Crippen LogP contribution < -0.4 is 10.1 Å². The topological polar surface area (TPSA) is 21.3 Å². The summed E-state index contributed by atoms with van der Waals surface area (Å²) in [6, 6.07) is 4.84. The van der Waals surface area contributed by atoms with Gasteiger partial charge in [0.15, 0.2) is 0 Å². The molecule has 0 spiro atoms. The van der Waals surface area contributed by atoms with E-state index in [-0.39, 0.29) is 11.4 Å². The zero-order valence-corrected chi connectivity index (χ0v) is 13.5. The fourth-order valence-corrected chi connectivity index (χ4v) is 1.87. The first-order valence-corrected chi connectivity index (χ1v) is 7.51. The lowest BCUT2D eigenvalue weighted by atomic mass is 10.1. The maximum absolute atomic E-state index is 13.2. The van der Waals surface area contributed by atoms with Crippen LogP contribution in [0.15, 0.2) is 22.7 Å². The van der Waals surface area contributed by atoms with E-state index in [4.69, 9.17) is 4.74 Å². The molecule has 0 aliphatic carbocycles. The SMILES string of the molecule is CC(C)(C)NCCCCCOc1ccc(Br)c(F)c1. The second kappa shape index (κ2) is 7.85. The minimum atomic E-state index is -0.285. The molecule has 0 aliphatic rings. The van der Waals surface area contributed by atoms with Crippen molar-refractivity contribution in [1.82, 2.24) is 5.32 Å². The molecule has 0 radical (unpaired) electrons. The molecule has 0 aromatic heterocycles. The van der Waals surface area contributed by atoms with Crippen molar-refractivity contribution in [2.45, 2.75) is 45.6 Å². The molecule has 0 unspecified atom stereocenters. The van der Waals surface area contributed by atoms with Gasteiger partial charge in [-0.15, -0.1) is 0 Å². The molecule has 0 amide bonds. The Kier molecular flexibility index (Phi) is 6.80. The highest BCUT2D eigenvalue weighted by Crippen LogP contribution is 2.21. The van der Waals surface area contributed by atoms with Crippen LogP contribution in [-0.2, 0) is 0 Å².